The maximum absolute atomic E-state index is 12.7. The van der Waals surface area contributed by atoms with E-state index >= 15 is 0 Å². The fourth-order valence-corrected chi connectivity index (χ4v) is 2.70. The predicted molar refractivity (Wildman–Crippen MR) is 81.6 cm³/mol. The number of nitrogens with zero attached hydrogens (tertiary/aromatic N) is 1. The molecule has 1 aliphatic rings. The standard InChI is InChI=1S/C16H22N2O3/c1-11(2)9-18(10-15(19)20)16(21)13-5-3-7-14-12(13)6-4-8-17-14/h3,5,7,11,17H,4,6,8-10H2,1-2H3,(H,19,20). The summed E-state index contributed by atoms with van der Waals surface area (Å²) in [6.45, 7) is 5.06. The van der Waals surface area contributed by atoms with Crippen molar-refractivity contribution >= 4 is 17.6 Å². The van der Waals surface area contributed by atoms with E-state index in [0.29, 0.717) is 12.1 Å². The molecule has 5 heteroatoms. The van der Waals surface area contributed by atoms with Crippen LogP contribution in [0.15, 0.2) is 18.2 Å². The van der Waals surface area contributed by atoms with E-state index < -0.39 is 5.97 Å². The summed E-state index contributed by atoms with van der Waals surface area (Å²) in [6, 6.07) is 5.61. The van der Waals surface area contributed by atoms with Gasteiger partial charge in [0.05, 0.1) is 0 Å². The zero-order valence-corrected chi connectivity index (χ0v) is 12.6. The summed E-state index contributed by atoms with van der Waals surface area (Å²) >= 11 is 0. The molecule has 1 heterocycles. The van der Waals surface area contributed by atoms with Crippen LogP contribution >= 0.6 is 0 Å². The molecular formula is C16H22N2O3. The topological polar surface area (TPSA) is 69.6 Å². The molecule has 0 unspecified atom stereocenters. The molecule has 0 fully saturated rings. The zero-order chi connectivity index (χ0) is 15.4. The molecule has 0 saturated carbocycles. The van der Waals surface area contributed by atoms with Crippen molar-refractivity contribution in [1.82, 2.24) is 4.90 Å². The number of aliphatic carboxylic acids is 1. The van der Waals surface area contributed by atoms with Gasteiger partial charge in [0.2, 0.25) is 0 Å². The Morgan fingerprint density at radius 2 is 2.14 bits per heavy atom. The molecule has 0 radical (unpaired) electrons. The van der Waals surface area contributed by atoms with Gasteiger partial charge in [0, 0.05) is 24.3 Å². The summed E-state index contributed by atoms with van der Waals surface area (Å²) < 4.78 is 0. The quantitative estimate of drug-likeness (QED) is 0.872. The average Bonchev–Trinajstić information content (AvgIpc) is 2.44. The Kier molecular flexibility index (Phi) is 4.83. The lowest BCUT2D eigenvalue weighted by molar-refractivity contribution is -0.137. The highest BCUT2D eigenvalue weighted by Crippen LogP contribution is 2.26. The van der Waals surface area contributed by atoms with E-state index in [0.717, 1.165) is 30.6 Å². The number of carbonyl (C=O) groups excluding carboxylic acids is 1. The number of rotatable bonds is 5. The molecule has 2 N–H and O–H groups in total. The summed E-state index contributed by atoms with van der Waals surface area (Å²) in [4.78, 5) is 25.2. The van der Waals surface area contributed by atoms with Crippen LogP contribution < -0.4 is 5.32 Å². The number of hydrogen-bond donors (Lipinski definition) is 2. The van der Waals surface area contributed by atoms with Gasteiger partial charge in [-0.25, -0.2) is 0 Å². The monoisotopic (exact) mass is 290 g/mol. The number of hydrogen-bond acceptors (Lipinski definition) is 3. The van der Waals surface area contributed by atoms with Gasteiger partial charge in [0.1, 0.15) is 6.54 Å². The molecular weight excluding hydrogens is 268 g/mol. The van der Waals surface area contributed by atoms with Crippen molar-refractivity contribution in [3.8, 4) is 0 Å². The van der Waals surface area contributed by atoms with Crippen LogP contribution in [-0.4, -0.2) is 41.5 Å². The van der Waals surface area contributed by atoms with Crippen LogP contribution in [0.3, 0.4) is 0 Å². The molecule has 1 amide bonds. The minimum atomic E-state index is -0.980. The molecule has 0 aromatic heterocycles. The van der Waals surface area contributed by atoms with Gasteiger partial charge in [-0.1, -0.05) is 19.9 Å². The first-order valence-electron chi connectivity index (χ1n) is 7.36. The second-order valence-electron chi connectivity index (χ2n) is 5.84. The Labute approximate surface area is 125 Å². The van der Waals surface area contributed by atoms with Crippen molar-refractivity contribution in [2.75, 3.05) is 25.0 Å². The first-order valence-corrected chi connectivity index (χ1v) is 7.36. The van der Waals surface area contributed by atoms with Gasteiger partial charge in [-0.15, -0.1) is 0 Å². The van der Waals surface area contributed by atoms with E-state index in [9.17, 15) is 9.59 Å². The van der Waals surface area contributed by atoms with Gasteiger partial charge < -0.3 is 15.3 Å². The molecule has 1 aliphatic heterocycles. The summed E-state index contributed by atoms with van der Waals surface area (Å²) in [5, 5.41) is 12.3. The van der Waals surface area contributed by atoms with Crippen molar-refractivity contribution in [3.63, 3.8) is 0 Å². The van der Waals surface area contributed by atoms with E-state index in [1.54, 1.807) is 6.07 Å². The van der Waals surface area contributed by atoms with Crippen molar-refractivity contribution in [3.05, 3.63) is 29.3 Å². The molecule has 21 heavy (non-hydrogen) atoms. The normalized spacial score (nSPS) is 13.5. The predicted octanol–water partition coefficient (Wildman–Crippen LogP) is 2.23. The highest BCUT2D eigenvalue weighted by molar-refractivity contribution is 5.98. The van der Waals surface area contributed by atoms with Gasteiger partial charge in [0.25, 0.3) is 5.91 Å². The summed E-state index contributed by atoms with van der Waals surface area (Å²) in [6.07, 6.45) is 1.84. The van der Waals surface area contributed by atoms with E-state index in [1.165, 1.54) is 4.90 Å². The maximum atomic E-state index is 12.7. The SMILES string of the molecule is CC(C)CN(CC(=O)O)C(=O)c1cccc2c1CCCN2. The number of fused-ring (bicyclic) bond motifs is 1. The number of carboxylic acid groups (broad SMARTS) is 1. The van der Waals surface area contributed by atoms with Crippen molar-refractivity contribution in [2.45, 2.75) is 26.7 Å². The molecule has 0 bridgehead atoms. The molecule has 0 atom stereocenters. The Hall–Kier alpha value is -2.04. The Bertz CT molecular complexity index is 540. The third-order valence-corrected chi connectivity index (χ3v) is 3.52. The first-order chi connectivity index (χ1) is 9.99. The second kappa shape index (κ2) is 6.61. The maximum Gasteiger partial charge on any atom is 0.323 e. The lowest BCUT2D eigenvalue weighted by atomic mass is 9.96. The summed E-state index contributed by atoms with van der Waals surface area (Å²) in [5.74, 6) is -0.940. The summed E-state index contributed by atoms with van der Waals surface area (Å²) in [7, 11) is 0. The average molecular weight is 290 g/mol. The minimum absolute atomic E-state index is 0.188. The number of benzene rings is 1. The van der Waals surface area contributed by atoms with Crippen LogP contribution in [0.5, 0.6) is 0 Å². The Morgan fingerprint density at radius 3 is 2.81 bits per heavy atom. The van der Waals surface area contributed by atoms with Gasteiger partial charge in [-0.3, -0.25) is 9.59 Å². The Balaban J connectivity index is 2.29. The van der Waals surface area contributed by atoms with Crippen molar-refractivity contribution in [1.29, 1.82) is 0 Å². The lowest BCUT2D eigenvalue weighted by Gasteiger charge is -2.26. The molecule has 5 nitrogen and oxygen atoms in total. The number of amides is 1. The van der Waals surface area contributed by atoms with Crippen LogP contribution in [0.2, 0.25) is 0 Å². The number of carboxylic acids is 1. The molecule has 2 rings (SSSR count). The van der Waals surface area contributed by atoms with E-state index in [1.807, 2.05) is 26.0 Å². The third-order valence-electron chi connectivity index (χ3n) is 3.52. The van der Waals surface area contributed by atoms with E-state index in [2.05, 4.69) is 5.32 Å². The van der Waals surface area contributed by atoms with Crippen molar-refractivity contribution in [2.24, 2.45) is 5.92 Å². The number of anilines is 1. The molecule has 0 spiro atoms. The molecule has 0 saturated heterocycles. The van der Waals surface area contributed by atoms with Crippen LogP contribution in [0.4, 0.5) is 5.69 Å². The highest BCUT2D eigenvalue weighted by Gasteiger charge is 2.24. The first kappa shape index (κ1) is 15.4. The van der Waals surface area contributed by atoms with E-state index in [-0.39, 0.29) is 18.4 Å². The Morgan fingerprint density at radius 1 is 1.38 bits per heavy atom. The number of carbonyl (C=O) groups is 2. The van der Waals surface area contributed by atoms with E-state index in [4.69, 9.17) is 5.11 Å². The van der Waals surface area contributed by atoms with Gasteiger partial charge in [-0.2, -0.15) is 0 Å². The molecule has 114 valence electrons. The molecule has 1 aromatic carbocycles. The zero-order valence-electron chi connectivity index (χ0n) is 12.6. The fraction of sp³-hybridized carbons (Fsp3) is 0.500. The van der Waals surface area contributed by atoms with Gasteiger partial charge in [-0.05, 0) is 36.5 Å². The van der Waals surface area contributed by atoms with Crippen molar-refractivity contribution < 1.29 is 14.7 Å². The fourth-order valence-electron chi connectivity index (χ4n) is 2.70. The van der Waals surface area contributed by atoms with Crippen LogP contribution in [0.25, 0.3) is 0 Å². The molecule has 1 aromatic rings. The van der Waals surface area contributed by atoms with Crippen LogP contribution in [-0.2, 0) is 11.2 Å². The van der Waals surface area contributed by atoms with Gasteiger partial charge in [0.15, 0.2) is 0 Å². The van der Waals surface area contributed by atoms with Crippen LogP contribution in [0.1, 0.15) is 36.2 Å². The largest absolute Gasteiger partial charge is 0.480 e. The summed E-state index contributed by atoms with van der Waals surface area (Å²) in [5.41, 5.74) is 2.63. The van der Waals surface area contributed by atoms with Crippen LogP contribution in [0, 0.1) is 5.92 Å². The second-order valence-corrected chi connectivity index (χ2v) is 5.84. The number of nitrogens with one attached hydrogen (secondary N) is 1. The molecule has 0 aliphatic carbocycles. The third kappa shape index (κ3) is 3.74. The van der Waals surface area contributed by atoms with Gasteiger partial charge >= 0.3 is 5.97 Å². The lowest BCUT2D eigenvalue weighted by Crippen LogP contribution is -2.38. The minimum Gasteiger partial charge on any atom is -0.480 e. The highest BCUT2D eigenvalue weighted by atomic mass is 16.4. The smallest absolute Gasteiger partial charge is 0.323 e.